The smallest absolute Gasteiger partial charge is 0.332 e. The van der Waals surface area contributed by atoms with Gasteiger partial charge in [0.1, 0.15) is 5.75 Å². The molecule has 3 amide bonds. The number of hydrogen-bond acceptors (Lipinski definition) is 3. The predicted molar refractivity (Wildman–Crippen MR) is 102 cm³/mol. The Kier molecular flexibility index (Phi) is 3.16. The number of hydrogen-bond donors (Lipinski definition) is 1. The molecule has 0 saturated carbocycles. The zero-order valence-electron chi connectivity index (χ0n) is 15.2. The Labute approximate surface area is 156 Å². The molecule has 0 unspecified atom stereocenters. The van der Waals surface area contributed by atoms with Gasteiger partial charge < -0.3 is 14.6 Å². The molecule has 0 spiro atoms. The van der Waals surface area contributed by atoms with Gasteiger partial charge in [-0.05, 0) is 37.1 Å². The van der Waals surface area contributed by atoms with Crippen molar-refractivity contribution in [3.05, 3.63) is 59.8 Å². The predicted octanol–water partition coefficient (Wildman–Crippen LogP) is 3.42. The lowest BCUT2D eigenvalue weighted by Crippen LogP contribution is -2.49. The molecule has 1 fully saturated rings. The summed E-state index contributed by atoms with van der Waals surface area (Å²) in [6.07, 6.45) is 0.722. The molecule has 0 aliphatic carbocycles. The van der Waals surface area contributed by atoms with E-state index in [1.165, 1.54) is 4.90 Å². The lowest BCUT2D eigenvalue weighted by molar-refractivity contribution is -0.125. The second-order valence-corrected chi connectivity index (χ2v) is 7.12. The summed E-state index contributed by atoms with van der Waals surface area (Å²) in [6, 6.07) is 14.8. The van der Waals surface area contributed by atoms with E-state index >= 15 is 0 Å². The number of nitrogens with one attached hydrogen (secondary N) is 1. The summed E-state index contributed by atoms with van der Waals surface area (Å²) >= 11 is 0. The van der Waals surface area contributed by atoms with Gasteiger partial charge in [0, 0.05) is 23.5 Å². The topological polar surface area (TPSA) is 65.6 Å². The van der Waals surface area contributed by atoms with Crippen molar-refractivity contribution in [2.75, 3.05) is 18.6 Å². The van der Waals surface area contributed by atoms with Crippen LogP contribution in [0.2, 0.25) is 0 Å². The molecule has 3 heterocycles. The first kappa shape index (κ1) is 15.9. The third kappa shape index (κ3) is 1.95. The Morgan fingerprint density at radius 1 is 1.11 bits per heavy atom. The van der Waals surface area contributed by atoms with Gasteiger partial charge in [-0.15, -0.1) is 0 Å². The number of fused-ring (bicyclic) bond motifs is 5. The molecule has 1 saturated heterocycles. The van der Waals surface area contributed by atoms with E-state index < -0.39 is 5.54 Å². The van der Waals surface area contributed by atoms with E-state index in [0.29, 0.717) is 18.0 Å². The number of rotatable bonds is 2. The highest BCUT2D eigenvalue weighted by molar-refractivity contribution is 6.23. The number of methoxy groups -OCH3 is 1. The maximum absolute atomic E-state index is 13.5. The van der Waals surface area contributed by atoms with Crippen LogP contribution >= 0.6 is 0 Å². The molecule has 2 aliphatic heterocycles. The summed E-state index contributed by atoms with van der Waals surface area (Å²) in [5.74, 6) is 0.364. The first-order chi connectivity index (χ1) is 13.1. The minimum absolute atomic E-state index is 0.242. The van der Waals surface area contributed by atoms with Crippen molar-refractivity contribution in [1.82, 2.24) is 9.88 Å². The first-order valence-corrected chi connectivity index (χ1v) is 8.96. The second-order valence-electron chi connectivity index (χ2n) is 7.12. The molecule has 0 radical (unpaired) electrons. The average molecular weight is 361 g/mol. The normalized spacial score (nSPS) is 21.6. The van der Waals surface area contributed by atoms with Crippen LogP contribution in [0, 0.1) is 0 Å². The molecular weight excluding hydrogens is 342 g/mol. The average Bonchev–Trinajstić information content (AvgIpc) is 3.16. The van der Waals surface area contributed by atoms with Gasteiger partial charge in [-0.1, -0.05) is 24.3 Å². The van der Waals surface area contributed by atoms with E-state index in [4.69, 9.17) is 4.74 Å². The minimum Gasteiger partial charge on any atom is -0.497 e. The summed E-state index contributed by atoms with van der Waals surface area (Å²) in [4.78, 5) is 33.0. The molecule has 3 aromatic rings. The Morgan fingerprint density at radius 2 is 1.93 bits per heavy atom. The number of imide groups is 1. The molecule has 1 aromatic heterocycles. The standard InChI is InChI=1S/C21H19N3O3/c1-21-18-16(15-8-3-4-9-17(15)22-18)10-11-23(21)20(26)24(19(21)25)13-6-5-7-14(12-13)27-2/h3-9,12,22H,10-11H2,1-2H3/t21-/m0/s1. The van der Waals surface area contributed by atoms with Crippen LogP contribution in [-0.4, -0.2) is 35.5 Å². The molecule has 1 atom stereocenters. The van der Waals surface area contributed by atoms with E-state index in [1.54, 1.807) is 36.3 Å². The minimum atomic E-state index is -1.03. The number of nitrogens with zero attached hydrogens (tertiary/aromatic N) is 2. The van der Waals surface area contributed by atoms with Crippen LogP contribution in [0.1, 0.15) is 18.2 Å². The van der Waals surface area contributed by atoms with Gasteiger partial charge in [-0.25, -0.2) is 9.69 Å². The number of amides is 3. The van der Waals surface area contributed by atoms with Crippen LogP contribution in [0.4, 0.5) is 10.5 Å². The van der Waals surface area contributed by atoms with Crippen molar-refractivity contribution in [1.29, 1.82) is 0 Å². The van der Waals surface area contributed by atoms with E-state index in [9.17, 15) is 9.59 Å². The zero-order valence-corrected chi connectivity index (χ0v) is 15.2. The van der Waals surface area contributed by atoms with E-state index in [-0.39, 0.29) is 11.9 Å². The number of ether oxygens (including phenoxy) is 1. The Bertz CT molecular complexity index is 1100. The maximum Gasteiger partial charge on any atom is 0.332 e. The number of urea groups is 1. The SMILES string of the molecule is COc1cccc(N2C(=O)N3CCc4c([nH]c5ccccc45)[C@@]3(C)C2=O)c1. The number of carbonyl (C=O) groups is 2. The Morgan fingerprint density at radius 3 is 2.74 bits per heavy atom. The number of H-pyrrole nitrogens is 1. The number of carbonyl (C=O) groups excluding carboxylic acids is 2. The number of benzene rings is 2. The lowest BCUT2D eigenvalue weighted by atomic mass is 9.87. The van der Waals surface area contributed by atoms with Crippen LogP contribution < -0.4 is 9.64 Å². The van der Waals surface area contributed by atoms with Crippen LogP contribution in [0.25, 0.3) is 10.9 Å². The monoisotopic (exact) mass is 361 g/mol. The van der Waals surface area contributed by atoms with E-state index in [1.807, 2.05) is 25.1 Å². The fourth-order valence-corrected chi connectivity index (χ4v) is 4.37. The van der Waals surface area contributed by atoms with Crippen LogP contribution in [0.15, 0.2) is 48.5 Å². The number of aromatic nitrogens is 1. The molecule has 136 valence electrons. The first-order valence-electron chi connectivity index (χ1n) is 8.96. The van der Waals surface area contributed by atoms with Gasteiger partial charge in [-0.2, -0.15) is 0 Å². The molecular formula is C21H19N3O3. The summed E-state index contributed by atoms with van der Waals surface area (Å²) in [5, 5.41) is 1.12. The van der Waals surface area contributed by atoms with Crippen LogP contribution in [0.5, 0.6) is 5.75 Å². The molecule has 6 nitrogen and oxygen atoms in total. The van der Waals surface area contributed by atoms with E-state index in [2.05, 4.69) is 11.1 Å². The highest BCUT2D eigenvalue weighted by Crippen LogP contribution is 2.45. The van der Waals surface area contributed by atoms with Crippen molar-refractivity contribution in [2.45, 2.75) is 18.9 Å². The van der Waals surface area contributed by atoms with Crippen LogP contribution in [0.3, 0.4) is 0 Å². The lowest BCUT2D eigenvalue weighted by Gasteiger charge is -2.35. The molecule has 1 N–H and O–H groups in total. The maximum atomic E-state index is 13.5. The fourth-order valence-electron chi connectivity index (χ4n) is 4.37. The van der Waals surface area contributed by atoms with Gasteiger partial charge in [0.25, 0.3) is 5.91 Å². The molecule has 0 bridgehead atoms. The van der Waals surface area contributed by atoms with Crippen LogP contribution in [-0.2, 0) is 16.8 Å². The van der Waals surface area contributed by atoms with Gasteiger partial charge in [0.2, 0.25) is 0 Å². The van der Waals surface area contributed by atoms with Gasteiger partial charge in [-0.3, -0.25) is 4.79 Å². The van der Waals surface area contributed by atoms with Crippen molar-refractivity contribution >= 4 is 28.5 Å². The number of para-hydroxylation sites is 1. The summed E-state index contributed by atoms with van der Waals surface area (Å²) in [6.45, 7) is 2.34. The van der Waals surface area contributed by atoms with Crippen molar-refractivity contribution in [2.24, 2.45) is 0 Å². The second kappa shape index (κ2) is 5.36. The zero-order chi connectivity index (χ0) is 18.8. The Hall–Kier alpha value is -3.28. The Balaban J connectivity index is 1.68. The highest BCUT2D eigenvalue weighted by Gasteiger charge is 2.59. The van der Waals surface area contributed by atoms with Gasteiger partial charge in [0.05, 0.1) is 18.5 Å². The third-order valence-corrected chi connectivity index (χ3v) is 5.78. The summed E-state index contributed by atoms with van der Waals surface area (Å²) < 4.78 is 5.26. The third-order valence-electron chi connectivity index (χ3n) is 5.78. The molecule has 2 aliphatic rings. The molecule has 2 aromatic carbocycles. The summed E-state index contributed by atoms with van der Waals surface area (Å²) in [7, 11) is 1.56. The van der Waals surface area contributed by atoms with Gasteiger partial charge >= 0.3 is 6.03 Å². The summed E-state index contributed by atoms with van der Waals surface area (Å²) in [5.41, 5.74) is 2.42. The van der Waals surface area contributed by atoms with Crippen molar-refractivity contribution < 1.29 is 14.3 Å². The van der Waals surface area contributed by atoms with E-state index in [0.717, 1.165) is 28.6 Å². The van der Waals surface area contributed by atoms with Crippen molar-refractivity contribution in [3.63, 3.8) is 0 Å². The number of anilines is 1. The highest BCUT2D eigenvalue weighted by atomic mass is 16.5. The largest absolute Gasteiger partial charge is 0.497 e. The molecule has 27 heavy (non-hydrogen) atoms. The fraction of sp³-hybridized carbons (Fsp3) is 0.238. The number of aromatic amines is 1. The van der Waals surface area contributed by atoms with Crippen molar-refractivity contribution in [3.8, 4) is 5.75 Å². The molecule has 5 rings (SSSR count). The van der Waals surface area contributed by atoms with Gasteiger partial charge in [0.15, 0.2) is 5.54 Å². The molecule has 6 heteroatoms. The quantitative estimate of drug-likeness (QED) is 0.712.